The second-order valence-corrected chi connectivity index (χ2v) is 10.9. The molecule has 1 saturated carbocycles. The third kappa shape index (κ3) is 7.75. The molecule has 1 aliphatic carbocycles. The first-order chi connectivity index (χ1) is 21.7. The lowest BCUT2D eigenvalue weighted by molar-refractivity contribution is -0.112. The first-order valence-electron chi connectivity index (χ1n) is 13.9. The fraction of sp³-hybridized carbons (Fsp3) is 0.147. The second-order valence-electron chi connectivity index (χ2n) is 10.1. The third-order valence-electron chi connectivity index (χ3n) is 6.97. The number of carbonyl (C=O) groups is 1. The molecule has 0 unspecified atom stereocenters. The van der Waals surface area contributed by atoms with Crippen LogP contribution in [0.4, 0.5) is 22.7 Å². The zero-order valence-electron chi connectivity index (χ0n) is 24.4. The lowest BCUT2D eigenvalue weighted by Gasteiger charge is -2.17. The van der Waals surface area contributed by atoms with Crippen LogP contribution < -0.4 is 9.47 Å². The molecule has 0 atom stereocenters. The van der Waals surface area contributed by atoms with E-state index < -0.39 is 0 Å². The summed E-state index contributed by atoms with van der Waals surface area (Å²) in [5.41, 5.74) is 3.91. The standard InChI is InChI=1S/C34H28Cl2N4O5/c1-44-32-12-8-24(35)18-28(32)39-37-26-16-20(6-10-30(26)41)14-22-4-3-5-23(34(22)43)15-21-7-11-31(42)27(17-21)38-40-29-19-25(36)9-13-33(29)45-2/h6-19,41-42H,3-5H2,1-2H3/b22-14-,23-15+,39-37?,40-38?. The van der Waals surface area contributed by atoms with Gasteiger partial charge >= 0.3 is 0 Å². The average Bonchev–Trinajstić information content (AvgIpc) is 3.03. The topological polar surface area (TPSA) is 125 Å². The predicted octanol–water partition coefficient (Wildman–Crippen LogP) is 10.5. The van der Waals surface area contributed by atoms with Gasteiger partial charge < -0.3 is 19.7 Å². The van der Waals surface area contributed by atoms with Gasteiger partial charge in [0.2, 0.25) is 0 Å². The first kappa shape index (κ1) is 31.4. The highest BCUT2D eigenvalue weighted by atomic mass is 35.5. The monoisotopic (exact) mass is 642 g/mol. The van der Waals surface area contributed by atoms with Crippen LogP contribution in [0.5, 0.6) is 23.0 Å². The minimum atomic E-state index is -0.0823. The van der Waals surface area contributed by atoms with Crippen molar-refractivity contribution in [3.05, 3.63) is 105 Å². The fourth-order valence-corrected chi connectivity index (χ4v) is 5.03. The van der Waals surface area contributed by atoms with E-state index in [1.165, 1.54) is 26.4 Å². The number of rotatable bonds is 8. The van der Waals surface area contributed by atoms with E-state index in [0.717, 1.165) is 6.42 Å². The van der Waals surface area contributed by atoms with E-state index >= 15 is 0 Å². The first-order valence-corrected chi connectivity index (χ1v) is 14.6. The van der Waals surface area contributed by atoms with Gasteiger partial charge in [-0.05, 0) is 103 Å². The van der Waals surface area contributed by atoms with Gasteiger partial charge in [-0.1, -0.05) is 35.3 Å². The Hall–Kier alpha value is -4.99. The Kier molecular flexibility index (Phi) is 9.92. The number of allylic oxidation sites excluding steroid dienone is 2. The van der Waals surface area contributed by atoms with Crippen molar-refractivity contribution in [2.24, 2.45) is 20.5 Å². The summed E-state index contributed by atoms with van der Waals surface area (Å²) in [6.07, 6.45) is 5.57. The molecule has 1 fully saturated rings. The van der Waals surface area contributed by atoms with Gasteiger partial charge in [0.1, 0.15) is 45.7 Å². The number of ketones is 1. The Bertz CT molecular complexity index is 1750. The minimum absolute atomic E-state index is 0.0634. The van der Waals surface area contributed by atoms with Crippen LogP contribution in [0.15, 0.2) is 104 Å². The summed E-state index contributed by atoms with van der Waals surface area (Å²) in [7, 11) is 3.03. The van der Waals surface area contributed by atoms with Gasteiger partial charge in [0.05, 0.1) is 14.2 Å². The minimum Gasteiger partial charge on any atom is -0.506 e. The molecule has 0 bridgehead atoms. The molecular formula is C34H28Cl2N4O5. The zero-order chi connectivity index (χ0) is 31.9. The Morgan fingerprint density at radius 1 is 0.622 bits per heavy atom. The summed E-state index contributed by atoms with van der Waals surface area (Å²) in [6, 6.07) is 19.7. The molecule has 9 nitrogen and oxygen atoms in total. The summed E-state index contributed by atoms with van der Waals surface area (Å²) in [4.78, 5) is 13.5. The van der Waals surface area contributed by atoms with Crippen molar-refractivity contribution < 1.29 is 24.5 Å². The molecule has 0 aromatic heterocycles. The molecule has 1 aliphatic rings. The van der Waals surface area contributed by atoms with E-state index in [0.29, 0.717) is 68.0 Å². The van der Waals surface area contributed by atoms with E-state index in [9.17, 15) is 15.0 Å². The molecule has 2 N–H and O–H groups in total. The second kappa shape index (κ2) is 14.2. The number of nitrogens with zero attached hydrogens (tertiary/aromatic N) is 4. The Labute approximate surface area is 269 Å². The van der Waals surface area contributed by atoms with Crippen molar-refractivity contribution >= 4 is 63.9 Å². The molecule has 228 valence electrons. The number of halogens is 2. The molecule has 0 saturated heterocycles. The normalized spacial score (nSPS) is 15.4. The number of methoxy groups -OCH3 is 2. The lowest BCUT2D eigenvalue weighted by Crippen LogP contribution is -2.12. The number of aromatic hydroxyl groups is 2. The van der Waals surface area contributed by atoms with Gasteiger partial charge in [0.15, 0.2) is 5.78 Å². The Morgan fingerprint density at radius 3 is 1.47 bits per heavy atom. The molecule has 0 aliphatic heterocycles. The number of hydrogen-bond donors (Lipinski definition) is 2. The highest BCUT2D eigenvalue weighted by Crippen LogP contribution is 2.37. The van der Waals surface area contributed by atoms with Crippen LogP contribution in [0.25, 0.3) is 12.2 Å². The van der Waals surface area contributed by atoms with Gasteiger partial charge in [-0.2, -0.15) is 0 Å². The number of phenolic OH excluding ortho intramolecular Hbond substituents is 2. The van der Waals surface area contributed by atoms with E-state index in [-0.39, 0.29) is 28.7 Å². The molecule has 0 amide bonds. The summed E-state index contributed by atoms with van der Waals surface area (Å²) >= 11 is 12.2. The van der Waals surface area contributed by atoms with Crippen LogP contribution in [0, 0.1) is 0 Å². The Balaban J connectivity index is 1.38. The molecule has 5 rings (SSSR count). The third-order valence-corrected chi connectivity index (χ3v) is 7.44. The predicted molar refractivity (Wildman–Crippen MR) is 175 cm³/mol. The maximum Gasteiger partial charge on any atom is 0.185 e. The molecule has 45 heavy (non-hydrogen) atoms. The van der Waals surface area contributed by atoms with E-state index in [1.54, 1.807) is 72.8 Å². The van der Waals surface area contributed by atoms with E-state index in [2.05, 4.69) is 20.5 Å². The highest BCUT2D eigenvalue weighted by molar-refractivity contribution is 6.31. The van der Waals surface area contributed by atoms with E-state index in [4.69, 9.17) is 32.7 Å². The number of phenols is 2. The van der Waals surface area contributed by atoms with Crippen molar-refractivity contribution in [2.45, 2.75) is 19.3 Å². The van der Waals surface area contributed by atoms with Gasteiger partial charge in [0, 0.05) is 21.2 Å². The molecule has 0 heterocycles. The van der Waals surface area contributed by atoms with Gasteiger partial charge in [-0.3, -0.25) is 4.79 Å². The number of Topliss-reactive ketones (excluding diaryl/α,β-unsaturated/α-hetero) is 1. The SMILES string of the molecule is COc1ccc(Cl)cc1N=Nc1cc(/C=C2/CCC/C(=C\c3ccc(O)c(N=Nc4cc(Cl)ccc4OC)c3)C2=O)ccc1O. The number of benzene rings is 4. The zero-order valence-corrected chi connectivity index (χ0v) is 25.9. The van der Waals surface area contributed by atoms with Crippen molar-refractivity contribution in [3.8, 4) is 23.0 Å². The van der Waals surface area contributed by atoms with Gasteiger partial charge in [-0.25, -0.2) is 0 Å². The molecule has 4 aromatic carbocycles. The molecule has 0 spiro atoms. The maximum atomic E-state index is 13.5. The summed E-state index contributed by atoms with van der Waals surface area (Å²) in [5, 5.41) is 38.5. The number of hydrogen-bond acceptors (Lipinski definition) is 9. The number of azo groups is 2. The summed E-state index contributed by atoms with van der Waals surface area (Å²) in [6.45, 7) is 0. The lowest BCUT2D eigenvalue weighted by atomic mass is 9.86. The summed E-state index contributed by atoms with van der Waals surface area (Å²) in [5.74, 6) is 0.760. The van der Waals surface area contributed by atoms with Crippen molar-refractivity contribution in [1.82, 2.24) is 0 Å². The highest BCUT2D eigenvalue weighted by Gasteiger charge is 2.21. The molecular weight excluding hydrogens is 615 g/mol. The fourth-order valence-electron chi connectivity index (χ4n) is 4.70. The molecule has 4 aromatic rings. The van der Waals surface area contributed by atoms with Crippen LogP contribution in [0.2, 0.25) is 10.0 Å². The van der Waals surface area contributed by atoms with Crippen molar-refractivity contribution in [1.29, 1.82) is 0 Å². The average molecular weight is 644 g/mol. The van der Waals surface area contributed by atoms with Crippen LogP contribution >= 0.6 is 23.2 Å². The van der Waals surface area contributed by atoms with Crippen LogP contribution in [0.3, 0.4) is 0 Å². The largest absolute Gasteiger partial charge is 0.506 e. The van der Waals surface area contributed by atoms with Crippen LogP contribution in [0.1, 0.15) is 30.4 Å². The van der Waals surface area contributed by atoms with Crippen molar-refractivity contribution in [2.75, 3.05) is 14.2 Å². The maximum absolute atomic E-state index is 13.5. The van der Waals surface area contributed by atoms with Crippen LogP contribution in [-0.2, 0) is 4.79 Å². The number of carbonyl (C=O) groups excluding carboxylic acids is 1. The quantitative estimate of drug-likeness (QED) is 0.146. The van der Waals surface area contributed by atoms with Gasteiger partial charge in [-0.15, -0.1) is 20.5 Å². The molecule has 0 radical (unpaired) electrons. The molecule has 11 heteroatoms. The summed E-state index contributed by atoms with van der Waals surface area (Å²) < 4.78 is 10.6. The smallest absolute Gasteiger partial charge is 0.185 e. The van der Waals surface area contributed by atoms with Gasteiger partial charge in [0.25, 0.3) is 0 Å². The van der Waals surface area contributed by atoms with Crippen molar-refractivity contribution in [3.63, 3.8) is 0 Å². The number of ether oxygens (including phenoxy) is 2. The Morgan fingerprint density at radius 2 is 1.04 bits per heavy atom. The van der Waals surface area contributed by atoms with Crippen LogP contribution in [-0.4, -0.2) is 30.2 Å². The van der Waals surface area contributed by atoms with E-state index in [1.807, 2.05) is 0 Å².